The second-order valence-corrected chi connectivity index (χ2v) is 7.27. The van der Waals surface area contributed by atoms with Crippen molar-refractivity contribution in [2.45, 2.75) is 31.1 Å². The molecule has 0 saturated carbocycles. The number of amides is 1. The molecule has 1 aromatic rings. The number of halogens is 1. The molecule has 0 radical (unpaired) electrons. The Labute approximate surface area is 186 Å². The van der Waals surface area contributed by atoms with Crippen molar-refractivity contribution in [1.82, 2.24) is 4.90 Å². The first-order valence-electron chi connectivity index (χ1n) is 7.58. The number of likely N-dealkylation sites (tertiary alicyclic amines) is 1. The largest absolute Gasteiger partial charge is 1.00 e. The normalized spacial score (nSPS) is 17.0. The van der Waals surface area contributed by atoms with Crippen LogP contribution in [0.5, 0.6) is 0 Å². The number of piperidine rings is 1. The number of rotatable bonds is 5. The molecule has 2 rings (SSSR count). The van der Waals surface area contributed by atoms with Crippen LogP contribution in [0.4, 0.5) is 10.2 Å². The fourth-order valence-electron chi connectivity index (χ4n) is 2.68. The van der Waals surface area contributed by atoms with Crippen LogP contribution in [0.15, 0.2) is 29.2 Å². The van der Waals surface area contributed by atoms with E-state index >= 15 is 0 Å². The van der Waals surface area contributed by atoms with Crippen molar-refractivity contribution in [3.63, 3.8) is 0 Å². The van der Waals surface area contributed by atoms with Crippen LogP contribution >= 0.6 is 0 Å². The van der Waals surface area contributed by atoms with Gasteiger partial charge in [0.2, 0.25) is 0 Å². The maximum absolute atomic E-state index is 14.2. The summed E-state index contributed by atoms with van der Waals surface area (Å²) >= 11 is 0. The van der Waals surface area contributed by atoms with Crippen LogP contribution in [0.25, 0.3) is 0 Å². The Morgan fingerprint density at radius 2 is 1.83 bits per heavy atom. The first kappa shape index (κ1) is 22.2. The van der Waals surface area contributed by atoms with Crippen molar-refractivity contribution < 1.29 is 75.1 Å². The summed E-state index contributed by atoms with van der Waals surface area (Å²) in [5.41, 5.74) is -0.0621. The van der Waals surface area contributed by atoms with Crippen LogP contribution in [0, 0.1) is 5.92 Å². The minimum Gasteiger partial charge on any atom is -1.00 e. The molecule has 1 fully saturated rings. The third kappa shape index (κ3) is 6.13. The Hall–Kier alpha value is 0.126. The second kappa shape index (κ2) is 9.72. The van der Waals surface area contributed by atoms with Gasteiger partial charge in [-0.25, -0.2) is 0 Å². The van der Waals surface area contributed by atoms with Crippen LogP contribution in [-0.2, 0) is 14.9 Å². The molecule has 130 valence electrons. The van der Waals surface area contributed by atoms with Gasteiger partial charge in [-0.05, 0) is 50.2 Å². The number of carbonyl (C=O) groups excluding carboxylic acids is 1. The molecule has 0 spiro atoms. The van der Waals surface area contributed by atoms with Crippen LogP contribution in [0.1, 0.15) is 27.6 Å². The SMILES string of the molecule is CC(CN1CCCCC1)C(=O)N(F)c1ccc(S(=O)(=O)O)cc1.[H-].[K+]. The summed E-state index contributed by atoms with van der Waals surface area (Å²) in [6.45, 7) is 4.03. The van der Waals surface area contributed by atoms with E-state index in [1.165, 1.54) is 6.42 Å². The standard InChI is InChI=1S/C15H21FN2O4S.K.H/c1-12(11-17-9-3-2-4-10-17)15(19)18(16)13-5-7-14(8-6-13)23(20,21)22;;/h5-8,12H,2-4,9-11H2,1H3,(H,20,21,22);;/q;+1;-1. The Bertz CT molecular complexity index is 654. The molecule has 1 atom stereocenters. The molecule has 0 aromatic heterocycles. The first-order valence-corrected chi connectivity index (χ1v) is 9.02. The topological polar surface area (TPSA) is 77.9 Å². The zero-order valence-electron chi connectivity index (χ0n) is 15.0. The number of benzene rings is 1. The van der Waals surface area contributed by atoms with Gasteiger partial charge in [-0.1, -0.05) is 17.8 Å². The Balaban J connectivity index is 0.00000288. The first-order chi connectivity index (χ1) is 10.8. The van der Waals surface area contributed by atoms with Gasteiger partial charge in [-0.3, -0.25) is 9.35 Å². The van der Waals surface area contributed by atoms with Gasteiger partial charge < -0.3 is 6.33 Å². The summed E-state index contributed by atoms with van der Waals surface area (Å²) in [5, 5.41) is 0.0301. The Morgan fingerprint density at radius 3 is 2.33 bits per heavy atom. The van der Waals surface area contributed by atoms with E-state index in [1.807, 2.05) is 0 Å². The van der Waals surface area contributed by atoms with Crippen LogP contribution in [-0.4, -0.2) is 43.4 Å². The Kier molecular flexibility index (Phi) is 8.98. The summed E-state index contributed by atoms with van der Waals surface area (Å²) < 4.78 is 45.0. The molecule has 1 aromatic carbocycles. The molecule has 1 N–H and O–H groups in total. The zero-order chi connectivity index (χ0) is 17.0. The molecule has 1 amide bonds. The van der Waals surface area contributed by atoms with E-state index < -0.39 is 21.9 Å². The molecule has 1 aliphatic heterocycles. The van der Waals surface area contributed by atoms with E-state index in [2.05, 4.69) is 4.90 Å². The minimum atomic E-state index is -4.33. The molecule has 0 aliphatic carbocycles. The van der Waals surface area contributed by atoms with E-state index in [0.29, 0.717) is 6.54 Å². The number of hydrogen-bond donors (Lipinski definition) is 1. The van der Waals surface area contributed by atoms with Crippen LogP contribution < -0.4 is 56.5 Å². The van der Waals surface area contributed by atoms with Gasteiger partial charge in [0, 0.05) is 6.54 Å². The summed E-state index contributed by atoms with van der Waals surface area (Å²) in [7, 11) is -4.33. The van der Waals surface area contributed by atoms with Crippen molar-refractivity contribution in [3.8, 4) is 0 Å². The maximum Gasteiger partial charge on any atom is 1.00 e. The van der Waals surface area contributed by atoms with Crippen LogP contribution in [0.2, 0.25) is 0 Å². The summed E-state index contributed by atoms with van der Waals surface area (Å²) in [4.78, 5) is 14.0. The molecule has 1 heterocycles. The van der Waals surface area contributed by atoms with E-state index in [0.717, 1.165) is 50.2 Å². The van der Waals surface area contributed by atoms with Gasteiger partial charge in [0.1, 0.15) is 0 Å². The van der Waals surface area contributed by atoms with E-state index in [9.17, 15) is 17.7 Å². The molecule has 1 unspecified atom stereocenters. The van der Waals surface area contributed by atoms with Gasteiger partial charge in [0.15, 0.2) is 0 Å². The quantitative estimate of drug-likeness (QED) is 0.416. The summed E-state index contributed by atoms with van der Waals surface area (Å²) in [5.74, 6) is -1.17. The third-order valence-corrected chi connectivity index (χ3v) is 4.82. The predicted octanol–water partition coefficient (Wildman–Crippen LogP) is -0.611. The molecular weight excluding hydrogens is 362 g/mol. The molecule has 24 heavy (non-hydrogen) atoms. The molecule has 0 bridgehead atoms. The number of carbonyl (C=O) groups is 1. The molecule has 1 saturated heterocycles. The van der Waals surface area contributed by atoms with Gasteiger partial charge in [-0.15, -0.1) is 5.12 Å². The van der Waals surface area contributed by atoms with Gasteiger partial charge >= 0.3 is 51.4 Å². The number of anilines is 1. The van der Waals surface area contributed by atoms with Gasteiger partial charge in [0.05, 0.1) is 16.5 Å². The number of nitrogens with zero attached hydrogens (tertiary/aromatic N) is 2. The molecular formula is C15H22FKN2O4S. The van der Waals surface area contributed by atoms with E-state index in [-0.39, 0.29) is 68.5 Å². The monoisotopic (exact) mass is 384 g/mol. The smallest absolute Gasteiger partial charge is 1.00 e. The fourth-order valence-corrected chi connectivity index (χ4v) is 3.16. The van der Waals surface area contributed by atoms with Crippen molar-refractivity contribution in [2.75, 3.05) is 24.8 Å². The molecule has 6 nitrogen and oxygen atoms in total. The van der Waals surface area contributed by atoms with Gasteiger partial charge in [0.25, 0.3) is 16.0 Å². The van der Waals surface area contributed by atoms with Crippen molar-refractivity contribution in [2.24, 2.45) is 5.92 Å². The average molecular weight is 385 g/mol. The van der Waals surface area contributed by atoms with Crippen molar-refractivity contribution >= 4 is 21.7 Å². The summed E-state index contributed by atoms with van der Waals surface area (Å²) in [6, 6.07) is 4.41. The molecule has 9 heteroatoms. The van der Waals surface area contributed by atoms with Crippen LogP contribution in [0.3, 0.4) is 0 Å². The second-order valence-electron chi connectivity index (χ2n) is 5.85. The van der Waals surface area contributed by atoms with Gasteiger partial charge in [-0.2, -0.15) is 8.42 Å². The maximum atomic E-state index is 14.2. The van der Waals surface area contributed by atoms with E-state index in [4.69, 9.17) is 4.55 Å². The Morgan fingerprint density at radius 1 is 1.29 bits per heavy atom. The predicted molar refractivity (Wildman–Crippen MR) is 85.4 cm³/mol. The third-order valence-electron chi connectivity index (χ3n) is 3.96. The van der Waals surface area contributed by atoms with Crippen molar-refractivity contribution in [3.05, 3.63) is 24.3 Å². The fraction of sp³-hybridized carbons (Fsp3) is 0.533. The zero-order valence-corrected chi connectivity index (χ0v) is 17.9. The minimum absolute atomic E-state index is 0. The van der Waals surface area contributed by atoms with Crippen molar-refractivity contribution in [1.29, 1.82) is 0 Å². The van der Waals surface area contributed by atoms with E-state index in [1.54, 1.807) is 6.92 Å². The number of hydrogen-bond acceptors (Lipinski definition) is 4. The summed E-state index contributed by atoms with van der Waals surface area (Å²) in [6.07, 6.45) is 3.38. The average Bonchev–Trinajstić information content (AvgIpc) is 2.53. The molecule has 1 aliphatic rings.